The van der Waals surface area contributed by atoms with Crippen LogP contribution >= 0.6 is 0 Å². The van der Waals surface area contributed by atoms with E-state index >= 15 is 0 Å². The lowest BCUT2D eigenvalue weighted by molar-refractivity contribution is -0.144. The third-order valence-electron chi connectivity index (χ3n) is 5.46. The van der Waals surface area contributed by atoms with Crippen LogP contribution in [0.25, 0.3) is 0 Å². The molecule has 4 unspecified atom stereocenters. The molecule has 7 nitrogen and oxygen atoms in total. The molecule has 0 saturated heterocycles. The Morgan fingerprint density at radius 1 is 1.20 bits per heavy atom. The number of aromatic nitrogens is 3. The van der Waals surface area contributed by atoms with E-state index in [1.54, 1.807) is 10.9 Å². The molecule has 1 heterocycles. The van der Waals surface area contributed by atoms with Crippen molar-refractivity contribution in [1.29, 1.82) is 0 Å². The number of carboxylic acid groups (broad SMARTS) is 1. The van der Waals surface area contributed by atoms with Gasteiger partial charge in [-0.1, -0.05) is 35.5 Å². The highest BCUT2D eigenvalue weighted by molar-refractivity contribution is 5.92. The lowest BCUT2D eigenvalue weighted by Gasteiger charge is -2.28. The number of carboxylic acids is 1. The molecule has 7 heteroatoms. The molecule has 1 aromatic carbocycles. The standard InChI is InChI=1S/C18H20N4O3/c23-17(19-16-13-7-6-12(8-13)15(16)18(24)25)14-10-22(21-20-14)9-11-4-2-1-3-5-11/h1-5,10,12-13,15-16H,6-9H2,(H,19,23)(H,24,25). The molecule has 2 saturated carbocycles. The molecule has 4 atom stereocenters. The summed E-state index contributed by atoms with van der Waals surface area (Å²) in [6, 6.07) is 9.49. The summed E-state index contributed by atoms with van der Waals surface area (Å²) in [6.45, 7) is 0.535. The predicted octanol–water partition coefficient (Wildman–Crippen LogP) is 1.56. The van der Waals surface area contributed by atoms with Gasteiger partial charge in [-0.05, 0) is 36.7 Å². The quantitative estimate of drug-likeness (QED) is 0.861. The minimum absolute atomic E-state index is 0.182. The number of fused-ring (bicyclic) bond motifs is 2. The Morgan fingerprint density at radius 2 is 1.96 bits per heavy atom. The van der Waals surface area contributed by atoms with E-state index in [1.165, 1.54) is 0 Å². The zero-order valence-electron chi connectivity index (χ0n) is 13.7. The van der Waals surface area contributed by atoms with Crippen LogP contribution in [0, 0.1) is 17.8 Å². The minimum atomic E-state index is -0.815. The van der Waals surface area contributed by atoms with Gasteiger partial charge in [-0.3, -0.25) is 9.59 Å². The van der Waals surface area contributed by atoms with Crippen molar-refractivity contribution in [3.05, 3.63) is 47.8 Å². The summed E-state index contributed by atoms with van der Waals surface area (Å²) in [5.74, 6) is -1.20. The van der Waals surface area contributed by atoms with E-state index in [2.05, 4.69) is 15.6 Å². The molecule has 2 fully saturated rings. The number of benzene rings is 1. The van der Waals surface area contributed by atoms with Crippen LogP contribution in [0.1, 0.15) is 35.3 Å². The maximum absolute atomic E-state index is 12.5. The van der Waals surface area contributed by atoms with Gasteiger partial charge in [0.15, 0.2) is 5.69 Å². The van der Waals surface area contributed by atoms with Gasteiger partial charge in [0.1, 0.15) is 0 Å². The second-order valence-corrected chi connectivity index (χ2v) is 6.98. The first-order valence-electron chi connectivity index (χ1n) is 8.59. The first kappa shape index (κ1) is 15.8. The molecule has 2 aliphatic carbocycles. The van der Waals surface area contributed by atoms with Crippen LogP contribution in [0.15, 0.2) is 36.5 Å². The maximum atomic E-state index is 12.5. The Kier molecular flexibility index (Phi) is 3.99. The van der Waals surface area contributed by atoms with Crippen LogP contribution in [0.2, 0.25) is 0 Å². The van der Waals surface area contributed by atoms with E-state index in [9.17, 15) is 14.7 Å². The first-order chi connectivity index (χ1) is 12.1. The monoisotopic (exact) mass is 340 g/mol. The Morgan fingerprint density at radius 3 is 2.72 bits per heavy atom. The van der Waals surface area contributed by atoms with E-state index in [-0.39, 0.29) is 29.5 Å². The highest BCUT2D eigenvalue weighted by Gasteiger charge is 2.51. The summed E-state index contributed by atoms with van der Waals surface area (Å²) in [5.41, 5.74) is 1.29. The third-order valence-corrected chi connectivity index (χ3v) is 5.46. The molecule has 0 radical (unpaired) electrons. The van der Waals surface area contributed by atoms with Gasteiger partial charge in [-0.25, -0.2) is 4.68 Å². The fourth-order valence-corrected chi connectivity index (χ4v) is 4.33. The lowest BCUT2D eigenvalue weighted by atomic mass is 9.84. The van der Waals surface area contributed by atoms with Crippen LogP contribution in [0.5, 0.6) is 0 Å². The number of nitrogens with one attached hydrogen (secondary N) is 1. The average Bonchev–Trinajstić information content (AvgIpc) is 3.31. The number of rotatable bonds is 5. The van der Waals surface area contributed by atoms with Crippen molar-refractivity contribution in [3.63, 3.8) is 0 Å². The van der Waals surface area contributed by atoms with Crippen molar-refractivity contribution >= 4 is 11.9 Å². The summed E-state index contributed by atoms with van der Waals surface area (Å²) < 4.78 is 1.61. The van der Waals surface area contributed by atoms with E-state index in [1.807, 2.05) is 30.3 Å². The van der Waals surface area contributed by atoms with Gasteiger partial charge in [0, 0.05) is 6.04 Å². The molecular formula is C18H20N4O3. The molecule has 0 spiro atoms. The maximum Gasteiger partial charge on any atom is 0.308 e. The van der Waals surface area contributed by atoms with Crippen molar-refractivity contribution < 1.29 is 14.7 Å². The summed E-state index contributed by atoms with van der Waals surface area (Å²) in [7, 11) is 0. The highest BCUT2D eigenvalue weighted by atomic mass is 16.4. The van der Waals surface area contributed by atoms with Crippen molar-refractivity contribution in [2.24, 2.45) is 17.8 Å². The molecule has 2 aliphatic rings. The number of amides is 1. The van der Waals surface area contributed by atoms with Gasteiger partial charge in [0.2, 0.25) is 0 Å². The fraction of sp³-hybridized carbons (Fsp3) is 0.444. The van der Waals surface area contributed by atoms with E-state index < -0.39 is 11.9 Å². The largest absolute Gasteiger partial charge is 0.481 e. The lowest BCUT2D eigenvalue weighted by Crippen LogP contribution is -2.46. The van der Waals surface area contributed by atoms with Crippen molar-refractivity contribution in [1.82, 2.24) is 20.3 Å². The third kappa shape index (κ3) is 3.01. The molecule has 2 bridgehead atoms. The molecule has 130 valence electrons. The van der Waals surface area contributed by atoms with Crippen LogP contribution in [-0.4, -0.2) is 38.0 Å². The van der Waals surface area contributed by atoms with Gasteiger partial charge in [0.05, 0.1) is 18.7 Å². The second kappa shape index (κ2) is 6.31. The minimum Gasteiger partial charge on any atom is -0.481 e. The van der Waals surface area contributed by atoms with Gasteiger partial charge < -0.3 is 10.4 Å². The number of carbonyl (C=O) groups excluding carboxylic acids is 1. The van der Waals surface area contributed by atoms with Crippen molar-refractivity contribution in [2.45, 2.75) is 31.8 Å². The molecule has 4 rings (SSSR count). The molecule has 1 aromatic heterocycles. The number of hydrogen-bond donors (Lipinski definition) is 2. The van der Waals surface area contributed by atoms with Gasteiger partial charge >= 0.3 is 5.97 Å². The van der Waals surface area contributed by atoms with Crippen molar-refractivity contribution in [2.75, 3.05) is 0 Å². The van der Waals surface area contributed by atoms with Gasteiger partial charge in [0.25, 0.3) is 5.91 Å². The summed E-state index contributed by atoms with van der Waals surface area (Å²) in [6.07, 6.45) is 4.43. The smallest absolute Gasteiger partial charge is 0.308 e. The SMILES string of the molecule is O=C(NC1C2CCC(C2)C1C(=O)O)c1cn(Cc2ccccc2)nn1. The van der Waals surface area contributed by atoms with E-state index in [4.69, 9.17) is 0 Å². The van der Waals surface area contributed by atoms with E-state index in [0.717, 1.165) is 24.8 Å². The Balaban J connectivity index is 1.44. The number of nitrogens with zero attached hydrogens (tertiary/aromatic N) is 3. The highest BCUT2D eigenvalue weighted by Crippen LogP contribution is 2.48. The number of hydrogen-bond acceptors (Lipinski definition) is 4. The number of aliphatic carboxylic acids is 1. The summed E-state index contributed by atoms with van der Waals surface area (Å²) in [5, 5.41) is 20.3. The molecule has 2 N–H and O–H groups in total. The van der Waals surface area contributed by atoms with Crippen LogP contribution in [-0.2, 0) is 11.3 Å². The van der Waals surface area contributed by atoms with Crippen molar-refractivity contribution in [3.8, 4) is 0 Å². The van der Waals surface area contributed by atoms with Gasteiger partial charge in [-0.15, -0.1) is 5.10 Å². The molecule has 0 aliphatic heterocycles. The fourth-order valence-electron chi connectivity index (χ4n) is 4.33. The van der Waals surface area contributed by atoms with Crippen LogP contribution in [0.4, 0.5) is 0 Å². The first-order valence-corrected chi connectivity index (χ1v) is 8.59. The predicted molar refractivity (Wildman–Crippen MR) is 88.8 cm³/mol. The molecule has 2 aromatic rings. The second-order valence-electron chi connectivity index (χ2n) is 6.98. The summed E-state index contributed by atoms with van der Waals surface area (Å²) >= 11 is 0. The van der Waals surface area contributed by atoms with E-state index in [0.29, 0.717) is 6.54 Å². The zero-order chi connectivity index (χ0) is 17.4. The Labute approximate surface area is 145 Å². The summed E-state index contributed by atoms with van der Waals surface area (Å²) in [4.78, 5) is 24.0. The Bertz CT molecular complexity index is 789. The van der Waals surface area contributed by atoms with Crippen LogP contribution in [0.3, 0.4) is 0 Å². The molecule has 1 amide bonds. The van der Waals surface area contributed by atoms with Gasteiger partial charge in [-0.2, -0.15) is 0 Å². The Hall–Kier alpha value is -2.70. The normalized spacial score (nSPS) is 27.4. The topological polar surface area (TPSA) is 97.1 Å². The molecular weight excluding hydrogens is 320 g/mol. The zero-order valence-corrected chi connectivity index (χ0v) is 13.7. The molecule has 25 heavy (non-hydrogen) atoms. The number of carbonyl (C=O) groups is 2. The average molecular weight is 340 g/mol. The van der Waals surface area contributed by atoms with Crippen LogP contribution < -0.4 is 5.32 Å².